The molecule has 0 radical (unpaired) electrons. The molecule has 158 valence electrons. The Kier molecular flexibility index (Phi) is 11.9. The van der Waals surface area contributed by atoms with Crippen LogP contribution >= 0.6 is 47.0 Å². The van der Waals surface area contributed by atoms with E-state index in [1.165, 1.54) is 22.3 Å². The Bertz CT molecular complexity index is 750. The van der Waals surface area contributed by atoms with Crippen molar-refractivity contribution in [1.82, 2.24) is 0 Å². The molecule has 2 aromatic rings. The third-order valence-corrected chi connectivity index (χ3v) is 11.0. The van der Waals surface area contributed by atoms with E-state index in [1.54, 1.807) is 47.0 Å². The monoisotopic (exact) mass is 570 g/mol. The van der Waals surface area contributed by atoms with Crippen LogP contribution < -0.4 is 0 Å². The third-order valence-electron chi connectivity index (χ3n) is 4.01. The minimum Gasteiger partial charge on any atom is -0.774 e. The Hall–Kier alpha value is 0.694. The number of fused-ring (bicyclic) bond motifs is 2. The minimum absolute atomic E-state index is 0. The van der Waals surface area contributed by atoms with Crippen LogP contribution in [0.15, 0.2) is 65.5 Å². The van der Waals surface area contributed by atoms with Crippen molar-refractivity contribution in [3.05, 3.63) is 87.7 Å². The van der Waals surface area contributed by atoms with Crippen LogP contribution in [0.1, 0.15) is 22.3 Å². The molecular weight excluding hydrogens is 555 g/mol. The fraction of sp³-hybridized carbons (Fsp3) is 0.200. The van der Waals surface area contributed by atoms with Crippen molar-refractivity contribution in [3.8, 4) is 0 Å². The largest absolute Gasteiger partial charge is 0.774 e. The predicted octanol–water partition coefficient (Wildman–Crippen LogP) is 6.77. The van der Waals surface area contributed by atoms with Gasteiger partial charge in [0.05, 0.1) is 0 Å². The number of thioether (sulfide) groups is 4. The third kappa shape index (κ3) is 7.96. The van der Waals surface area contributed by atoms with Crippen molar-refractivity contribution < 1.29 is 16.5 Å². The summed E-state index contributed by atoms with van der Waals surface area (Å²) in [4.78, 5) is 0. The van der Waals surface area contributed by atoms with Gasteiger partial charge in [0.2, 0.25) is 0 Å². The molecule has 0 aromatic heterocycles. The van der Waals surface area contributed by atoms with Crippen LogP contribution in [-0.2, 0) is 90.0 Å². The van der Waals surface area contributed by atoms with Crippen LogP contribution in [-0.4, -0.2) is 0 Å². The molecule has 2 aromatic carbocycles. The van der Waals surface area contributed by atoms with Gasteiger partial charge < -0.3 is 50.5 Å². The summed E-state index contributed by atoms with van der Waals surface area (Å²) in [5, 5.41) is 0. The average molecular weight is 572 g/mol. The van der Waals surface area contributed by atoms with Gasteiger partial charge in [0.25, 0.3) is 0 Å². The number of benzene rings is 2. The summed E-state index contributed by atoms with van der Waals surface area (Å²) < 4.78 is 3.50. The summed E-state index contributed by atoms with van der Waals surface area (Å²) in [5.74, 6) is 3.82. The normalized spacial score (nSPS) is 21.5. The maximum absolute atomic E-state index is 5.21. The van der Waals surface area contributed by atoms with Crippen molar-refractivity contribution in [2.75, 3.05) is 0 Å². The van der Waals surface area contributed by atoms with Crippen molar-refractivity contribution in [2.45, 2.75) is 23.0 Å². The van der Waals surface area contributed by atoms with Crippen molar-refractivity contribution in [2.24, 2.45) is 0 Å². The van der Waals surface area contributed by atoms with Crippen LogP contribution in [0, 0.1) is 0 Å². The Morgan fingerprint density at radius 1 is 0.448 bits per heavy atom. The van der Waals surface area contributed by atoms with Crippen LogP contribution in [0.25, 0.3) is 0 Å². The molecule has 9 heteroatoms. The van der Waals surface area contributed by atoms with E-state index >= 15 is 0 Å². The zero-order chi connectivity index (χ0) is 19.9. The topological polar surface area (TPSA) is 0 Å². The van der Waals surface area contributed by atoms with E-state index in [2.05, 4.69) is 48.5 Å². The molecule has 0 bridgehead atoms. The van der Waals surface area contributed by atoms with Crippen LogP contribution in [0.5, 0.6) is 0 Å². The summed E-state index contributed by atoms with van der Waals surface area (Å²) in [6.45, 7) is 0. The fourth-order valence-electron chi connectivity index (χ4n) is 2.49. The Morgan fingerprint density at radius 3 is 0.862 bits per heavy atom. The molecule has 2 aliphatic heterocycles. The fourth-order valence-corrected chi connectivity index (χ4v) is 7.35. The molecule has 29 heavy (non-hydrogen) atoms. The van der Waals surface area contributed by atoms with Gasteiger partial charge in [-0.3, -0.25) is 0 Å². The molecule has 0 saturated carbocycles. The summed E-state index contributed by atoms with van der Waals surface area (Å²) in [7, 11) is 0. The molecule has 0 fully saturated rings. The summed E-state index contributed by atoms with van der Waals surface area (Å²) in [5.41, 5.74) is 5.54. The second-order valence-electron chi connectivity index (χ2n) is 5.84. The van der Waals surface area contributed by atoms with Crippen LogP contribution in [0.4, 0.5) is 0 Å². The molecule has 0 unspecified atom stereocenters. The number of rotatable bonds is 0. The second kappa shape index (κ2) is 13.3. The van der Waals surface area contributed by atoms with Crippen molar-refractivity contribution in [1.29, 1.82) is 0 Å². The van der Waals surface area contributed by atoms with Gasteiger partial charge in [-0.1, -0.05) is 48.5 Å². The standard InChI is InChI=1S/2C10H10S4.Ni/c2*11-9-10(12)14-6-8-4-2-1-3-7(8)5-13-9;/h2*1-4,11-12H,5-6H2;/p-4/b2*10-9-;. The van der Waals surface area contributed by atoms with Crippen molar-refractivity contribution >= 4 is 97.6 Å². The van der Waals surface area contributed by atoms with E-state index in [1.807, 2.05) is 0 Å². The van der Waals surface area contributed by atoms with E-state index in [-0.39, 0.29) is 16.5 Å². The van der Waals surface area contributed by atoms with E-state index in [0.29, 0.717) is 0 Å². The maximum atomic E-state index is 5.21. The van der Waals surface area contributed by atoms with E-state index < -0.39 is 0 Å². The molecule has 0 atom stereocenters. The minimum atomic E-state index is 0. The van der Waals surface area contributed by atoms with Gasteiger partial charge in [0, 0.05) is 39.5 Å². The molecule has 2 aliphatic rings. The molecule has 2 heterocycles. The molecule has 0 amide bonds. The maximum Gasteiger partial charge on any atom is 0.0213 e. The Balaban J connectivity index is 0.000000200. The SMILES string of the molecule is [Ni].[S-]/C1=C(\[S-])SCc2ccccc2CS1.[S-]/C1=C(\[S-])SCc2ccccc2CS1. The summed E-state index contributed by atoms with van der Waals surface area (Å²) in [6, 6.07) is 17.0. The van der Waals surface area contributed by atoms with Gasteiger partial charge in [-0.25, -0.2) is 0 Å². The first-order valence-corrected chi connectivity index (χ1v) is 13.9. The molecule has 0 spiro atoms. The van der Waals surface area contributed by atoms with Gasteiger partial charge in [-0.15, -0.1) is 0 Å². The van der Waals surface area contributed by atoms with Gasteiger partial charge in [0.15, 0.2) is 0 Å². The Morgan fingerprint density at radius 2 is 0.655 bits per heavy atom. The van der Waals surface area contributed by atoms with Gasteiger partial charge in [-0.05, 0) is 22.3 Å². The van der Waals surface area contributed by atoms with Crippen LogP contribution in [0.2, 0.25) is 0 Å². The summed E-state index contributed by atoms with van der Waals surface area (Å²) >= 11 is 27.5. The van der Waals surface area contributed by atoms with Gasteiger partial charge >= 0.3 is 0 Å². The zero-order valence-electron chi connectivity index (χ0n) is 15.0. The molecule has 0 N–H and O–H groups in total. The summed E-state index contributed by atoms with van der Waals surface area (Å²) in [6.07, 6.45) is 0. The zero-order valence-corrected chi connectivity index (χ0v) is 22.5. The molecule has 0 aliphatic carbocycles. The smallest absolute Gasteiger partial charge is 0.0213 e. The van der Waals surface area contributed by atoms with Gasteiger partial charge in [0.1, 0.15) is 0 Å². The van der Waals surface area contributed by atoms with Crippen molar-refractivity contribution in [3.63, 3.8) is 0 Å². The first-order chi connectivity index (χ1) is 13.5. The first-order valence-electron chi connectivity index (χ1n) is 8.36. The average Bonchev–Trinajstić information content (AvgIpc) is 2.72. The quantitative estimate of drug-likeness (QED) is 0.248. The van der Waals surface area contributed by atoms with Crippen LogP contribution in [0.3, 0.4) is 0 Å². The van der Waals surface area contributed by atoms with E-state index in [0.717, 1.165) is 40.0 Å². The predicted molar refractivity (Wildman–Crippen MR) is 142 cm³/mol. The first kappa shape index (κ1) is 25.9. The van der Waals surface area contributed by atoms with E-state index in [4.69, 9.17) is 50.5 Å². The molecular formula is C20H16NiS8-4. The molecule has 0 saturated heterocycles. The van der Waals surface area contributed by atoms with Gasteiger partial charge in [-0.2, -0.15) is 64.0 Å². The number of hydrogen-bond acceptors (Lipinski definition) is 8. The number of hydrogen-bond donors (Lipinski definition) is 0. The second-order valence-corrected chi connectivity index (χ2v) is 12.5. The Labute approximate surface area is 222 Å². The van der Waals surface area contributed by atoms with E-state index in [9.17, 15) is 0 Å². The molecule has 4 rings (SSSR count). The molecule has 0 nitrogen and oxygen atoms in total.